The number of hydrogen-bond donors (Lipinski definition) is 1. The fourth-order valence-corrected chi connectivity index (χ4v) is 5.42. The van der Waals surface area contributed by atoms with Crippen LogP contribution in [0.3, 0.4) is 0 Å². The van der Waals surface area contributed by atoms with Crippen molar-refractivity contribution in [3.05, 3.63) is 53.6 Å². The molecule has 1 heterocycles. The predicted octanol–water partition coefficient (Wildman–Crippen LogP) is 3.38. The SMILES string of the molecule is COc1ccc(CNC(=O)[C@@H]2[C@@H]3CC[C@@]4(CC(=O)c5ccccc5O4)[C@H]32)cc1OC. The van der Waals surface area contributed by atoms with Crippen LogP contribution in [0.2, 0.25) is 0 Å². The van der Waals surface area contributed by atoms with Gasteiger partial charge in [0.15, 0.2) is 17.3 Å². The number of benzene rings is 2. The van der Waals surface area contributed by atoms with E-state index in [0.717, 1.165) is 18.4 Å². The number of para-hydroxylation sites is 1. The van der Waals surface area contributed by atoms with Gasteiger partial charge in [0.1, 0.15) is 11.4 Å². The molecule has 6 nitrogen and oxygen atoms in total. The Hall–Kier alpha value is -3.02. The Labute approximate surface area is 175 Å². The normalized spacial score (nSPS) is 28.3. The van der Waals surface area contributed by atoms with Gasteiger partial charge in [-0.15, -0.1) is 0 Å². The molecule has 1 amide bonds. The molecule has 2 aromatic rings. The zero-order chi connectivity index (χ0) is 20.9. The molecule has 3 aliphatic rings. The summed E-state index contributed by atoms with van der Waals surface area (Å²) in [6.45, 7) is 0.421. The van der Waals surface area contributed by atoms with E-state index >= 15 is 0 Å². The van der Waals surface area contributed by atoms with Crippen LogP contribution in [0.5, 0.6) is 17.2 Å². The number of Topliss-reactive ketones (excluding diaryl/α,β-unsaturated/α-hetero) is 1. The molecule has 30 heavy (non-hydrogen) atoms. The highest BCUT2D eigenvalue weighted by Crippen LogP contribution is 2.65. The lowest BCUT2D eigenvalue weighted by Gasteiger charge is -2.37. The average molecular weight is 407 g/mol. The van der Waals surface area contributed by atoms with Gasteiger partial charge in [-0.2, -0.15) is 0 Å². The van der Waals surface area contributed by atoms with Gasteiger partial charge in [-0.05, 0) is 48.6 Å². The van der Waals surface area contributed by atoms with Gasteiger partial charge in [0.2, 0.25) is 5.91 Å². The predicted molar refractivity (Wildman–Crippen MR) is 110 cm³/mol. The van der Waals surface area contributed by atoms with Crippen molar-refractivity contribution in [2.24, 2.45) is 17.8 Å². The third-order valence-electron chi connectivity index (χ3n) is 6.85. The summed E-state index contributed by atoms with van der Waals surface area (Å²) < 4.78 is 17.0. The van der Waals surface area contributed by atoms with E-state index in [0.29, 0.717) is 41.7 Å². The number of fused-ring (bicyclic) bond motifs is 3. The maximum absolute atomic E-state index is 12.9. The lowest BCUT2D eigenvalue weighted by Crippen LogP contribution is -2.44. The topological polar surface area (TPSA) is 73.9 Å². The van der Waals surface area contributed by atoms with E-state index in [1.54, 1.807) is 14.2 Å². The molecule has 2 fully saturated rings. The summed E-state index contributed by atoms with van der Waals surface area (Å²) in [7, 11) is 3.19. The quantitative estimate of drug-likeness (QED) is 0.823. The molecule has 0 bridgehead atoms. The fraction of sp³-hybridized carbons (Fsp3) is 0.417. The van der Waals surface area contributed by atoms with Crippen LogP contribution >= 0.6 is 0 Å². The number of ether oxygens (including phenoxy) is 3. The van der Waals surface area contributed by atoms with Gasteiger partial charge in [0.25, 0.3) is 0 Å². The molecular formula is C24H25NO5. The minimum atomic E-state index is -0.526. The van der Waals surface area contributed by atoms with Crippen molar-refractivity contribution >= 4 is 11.7 Å². The number of hydrogen-bond acceptors (Lipinski definition) is 5. The molecule has 1 N–H and O–H groups in total. The maximum atomic E-state index is 12.9. The molecule has 2 aliphatic carbocycles. The second kappa shape index (κ2) is 7.04. The van der Waals surface area contributed by atoms with Crippen LogP contribution in [0.25, 0.3) is 0 Å². The Balaban J connectivity index is 1.27. The molecule has 0 aromatic heterocycles. The zero-order valence-corrected chi connectivity index (χ0v) is 17.1. The molecule has 156 valence electrons. The fourth-order valence-electron chi connectivity index (χ4n) is 5.42. The van der Waals surface area contributed by atoms with Gasteiger partial charge in [-0.25, -0.2) is 0 Å². The van der Waals surface area contributed by atoms with Crippen LogP contribution < -0.4 is 19.5 Å². The van der Waals surface area contributed by atoms with Crippen molar-refractivity contribution in [1.82, 2.24) is 5.32 Å². The Morgan fingerprint density at radius 3 is 2.77 bits per heavy atom. The molecule has 2 aromatic carbocycles. The van der Waals surface area contributed by atoms with E-state index in [9.17, 15) is 9.59 Å². The molecule has 4 atom stereocenters. The van der Waals surface area contributed by atoms with Gasteiger partial charge in [0.05, 0.1) is 26.2 Å². The largest absolute Gasteiger partial charge is 0.493 e. The van der Waals surface area contributed by atoms with E-state index in [-0.39, 0.29) is 23.5 Å². The summed E-state index contributed by atoms with van der Waals surface area (Å²) in [6.07, 6.45) is 2.13. The van der Waals surface area contributed by atoms with Crippen LogP contribution in [0.15, 0.2) is 42.5 Å². The van der Waals surface area contributed by atoms with Gasteiger partial charge in [-0.3, -0.25) is 9.59 Å². The van der Waals surface area contributed by atoms with Crippen molar-refractivity contribution < 1.29 is 23.8 Å². The number of ketones is 1. The second-order valence-corrected chi connectivity index (χ2v) is 8.42. The lowest BCUT2D eigenvalue weighted by atomic mass is 9.84. The Bertz CT molecular complexity index is 1020. The molecular weight excluding hydrogens is 382 g/mol. The van der Waals surface area contributed by atoms with E-state index in [4.69, 9.17) is 14.2 Å². The first-order valence-corrected chi connectivity index (χ1v) is 10.4. The highest BCUT2D eigenvalue weighted by atomic mass is 16.5. The van der Waals surface area contributed by atoms with Crippen LogP contribution in [0, 0.1) is 17.8 Å². The molecule has 0 unspecified atom stereocenters. The molecule has 0 radical (unpaired) electrons. The van der Waals surface area contributed by atoms with Gasteiger partial charge in [0, 0.05) is 18.4 Å². The molecule has 0 saturated heterocycles. The number of nitrogens with one attached hydrogen (secondary N) is 1. The van der Waals surface area contributed by atoms with Crippen molar-refractivity contribution in [3.63, 3.8) is 0 Å². The van der Waals surface area contributed by atoms with Crippen LogP contribution in [0.1, 0.15) is 35.2 Å². The van der Waals surface area contributed by atoms with Crippen LogP contribution in [-0.4, -0.2) is 31.5 Å². The third kappa shape index (κ3) is 2.93. The smallest absolute Gasteiger partial charge is 0.224 e. The molecule has 6 heteroatoms. The van der Waals surface area contributed by atoms with Crippen molar-refractivity contribution in [2.45, 2.75) is 31.4 Å². The molecule has 5 rings (SSSR count). The van der Waals surface area contributed by atoms with Crippen LogP contribution in [-0.2, 0) is 11.3 Å². The van der Waals surface area contributed by atoms with Crippen LogP contribution in [0.4, 0.5) is 0 Å². The summed E-state index contributed by atoms with van der Waals surface area (Å²) in [5, 5.41) is 3.05. The van der Waals surface area contributed by atoms with E-state index in [2.05, 4.69) is 5.32 Å². The summed E-state index contributed by atoms with van der Waals surface area (Å²) in [5.74, 6) is 2.43. The molecule has 2 saturated carbocycles. The van der Waals surface area contributed by atoms with Gasteiger partial charge in [-0.1, -0.05) is 18.2 Å². The Morgan fingerprint density at radius 1 is 1.17 bits per heavy atom. The van der Waals surface area contributed by atoms with Crippen molar-refractivity contribution in [3.8, 4) is 17.2 Å². The highest BCUT2D eigenvalue weighted by molar-refractivity contribution is 6.00. The number of carbonyl (C=O) groups is 2. The van der Waals surface area contributed by atoms with Gasteiger partial charge >= 0.3 is 0 Å². The molecule has 1 spiro atoms. The summed E-state index contributed by atoms with van der Waals surface area (Å²) in [5.41, 5.74) is 1.07. The third-order valence-corrected chi connectivity index (χ3v) is 6.85. The first-order chi connectivity index (χ1) is 14.6. The average Bonchev–Trinajstić information content (AvgIpc) is 3.42. The minimum Gasteiger partial charge on any atom is -0.493 e. The zero-order valence-electron chi connectivity index (χ0n) is 17.1. The van der Waals surface area contributed by atoms with Crippen molar-refractivity contribution in [2.75, 3.05) is 14.2 Å². The highest BCUT2D eigenvalue weighted by Gasteiger charge is 2.70. The number of rotatable bonds is 5. The monoisotopic (exact) mass is 407 g/mol. The Kier molecular flexibility index (Phi) is 4.45. The molecule has 1 aliphatic heterocycles. The minimum absolute atomic E-state index is 0.0359. The second-order valence-electron chi connectivity index (χ2n) is 8.42. The number of amides is 1. The number of carbonyl (C=O) groups excluding carboxylic acids is 2. The first kappa shape index (κ1) is 19.0. The van der Waals surface area contributed by atoms with Crippen molar-refractivity contribution in [1.29, 1.82) is 0 Å². The standard InChI is InChI=1S/C24H25NO5/c1-28-19-8-7-14(11-20(19)29-2)13-25-23(27)21-16-9-10-24(22(16)21)12-17(26)15-5-3-4-6-18(15)30-24/h3-8,11,16,21-22H,9-10,12-13H2,1-2H3,(H,25,27)/t16-,21+,22+,24+/m0/s1. The summed E-state index contributed by atoms with van der Waals surface area (Å²) in [4.78, 5) is 25.6. The van der Waals surface area contributed by atoms with E-state index in [1.807, 2.05) is 42.5 Å². The Morgan fingerprint density at radius 2 is 1.97 bits per heavy atom. The number of methoxy groups -OCH3 is 2. The first-order valence-electron chi connectivity index (χ1n) is 10.4. The van der Waals surface area contributed by atoms with E-state index < -0.39 is 5.60 Å². The van der Waals surface area contributed by atoms with Gasteiger partial charge < -0.3 is 19.5 Å². The maximum Gasteiger partial charge on any atom is 0.224 e. The van der Waals surface area contributed by atoms with E-state index in [1.165, 1.54) is 0 Å². The lowest BCUT2D eigenvalue weighted by molar-refractivity contribution is -0.124. The summed E-state index contributed by atoms with van der Waals surface area (Å²) in [6, 6.07) is 13.0. The summed E-state index contributed by atoms with van der Waals surface area (Å²) >= 11 is 0.